The summed E-state index contributed by atoms with van der Waals surface area (Å²) >= 11 is 1.53. The lowest BCUT2D eigenvalue weighted by Crippen LogP contribution is -2.33. The summed E-state index contributed by atoms with van der Waals surface area (Å²) in [5.74, 6) is 7.90. The molecule has 5 nitrogen and oxygen atoms in total. The van der Waals surface area contributed by atoms with Gasteiger partial charge >= 0.3 is 0 Å². The summed E-state index contributed by atoms with van der Waals surface area (Å²) in [7, 11) is 0. The van der Waals surface area contributed by atoms with Gasteiger partial charge in [0.1, 0.15) is 11.6 Å². The Bertz CT molecular complexity index is 354. The molecule has 94 valence electrons. The van der Waals surface area contributed by atoms with E-state index in [0.29, 0.717) is 5.82 Å². The molecule has 17 heavy (non-hydrogen) atoms. The Kier molecular flexibility index (Phi) is 4.06. The van der Waals surface area contributed by atoms with Crippen LogP contribution in [0.15, 0.2) is 11.2 Å². The van der Waals surface area contributed by atoms with Crippen molar-refractivity contribution in [3.8, 4) is 0 Å². The number of hydrogen-bond acceptors (Lipinski definition) is 6. The maximum absolute atomic E-state index is 5.43. The average Bonchev–Trinajstić information content (AvgIpc) is 2.39. The number of thioether (sulfide) groups is 1. The number of nitrogens with zero attached hydrogens (tertiary/aromatic N) is 3. The van der Waals surface area contributed by atoms with Crippen LogP contribution in [0.4, 0.5) is 11.6 Å². The number of nitrogens with one attached hydrogen (secondary N) is 1. The average molecular weight is 253 g/mol. The molecule has 0 atom stereocenters. The maximum Gasteiger partial charge on any atom is 0.191 e. The van der Waals surface area contributed by atoms with Gasteiger partial charge in [-0.2, -0.15) is 0 Å². The van der Waals surface area contributed by atoms with E-state index in [1.165, 1.54) is 24.6 Å². The molecule has 0 aromatic carbocycles. The first-order chi connectivity index (χ1) is 8.22. The number of rotatable bonds is 3. The fourth-order valence-corrected chi connectivity index (χ4v) is 2.35. The quantitative estimate of drug-likeness (QED) is 0.370. The third-order valence-corrected chi connectivity index (χ3v) is 3.68. The second-order valence-electron chi connectivity index (χ2n) is 4.41. The molecule has 1 aliphatic rings. The van der Waals surface area contributed by atoms with Crippen LogP contribution in [0.25, 0.3) is 0 Å². The largest absolute Gasteiger partial charge is 0.356 e. The van der Waals surface area contributed by atoms with Crippen molar-refractivity contribution >= 4 is 23.4 Å². The van der Waals surface area contributed by atoms with Crippen molar-refractivity contribution in [3.05, 3.63) is 6.07 Å². The van der Waals surface area contributed by atoms with E-state index in [1.807, 2.05) is 12.3 Å². The highest BCUT2D eigenvalue weighted by atomic mass is 32.2. The minimum atomic E-state index is 0.679. The van der Waals surface area contributed by atoms with Crippen molar-refractivity contribution in [1.29, 1.82) is 0 Å². The van der Waals surface area contributed by atoms with Crippen molar-refractivity contribution in [2.75, 3.05) is 29.7 Å². The molecule has 0 amide bonds. The highest BCUT2D eigenvalue weighted by Gasteiger charge is 2.18. The van der Waals surface area contributed by atoms with Gasteiger partial charge in [0.25, 0.3) is 0 Å². The van der Waals surface area contributed by atoms with Gasteiger partial charge < -0.3 is 10.3 Å². The highest BCUT2D eigenvalue weighted by Crippen LogP contribution is 2.24. The summed E-state index contributed by atoms with van der Waals surface area (Å²) in [6, 6.07) is 1.91. The summed E-state index contributed by atoms with van der Waals surface area (Å²) < 4.78 is 0. The Morgan fingerprint density at radius 2 is 2.12 bits per heavy atom. The Hall–Kier alpha value is -1.01. The van der Waals surface area contributed by atoms with Crippen LogP contribution in [0.5, 0.6) is 0 Å². The highest BCUT2D eigenvalue weighted by molar-refractivity contribution is 7.98. The van der Waals surface area contributed by atoms with E-state index in [1.54, 1.807) is 0 Å². The monoisotopic (exact) mass is 253 g/mol. The number of hydrogen-bond donors (Lipinski definition) is 2. The zero-order chi connectivity index (χ0) is 12.3. The second-order valence-corrected chi connectivity index (χ2v) is 5.19. The van der Waals surface area contributed by atoms with Gasteiger partial charge in [-0.3, -0.25) is 0 Å². The lowest BCUT2D eigenvalue weighted by Gasteiger charge is -2.31. The molecule has 0 bridgehead atoms. The molecule has 1 aromatic heterocycles. The van der Waals surface area contributed by atoms with Crippen molar-refractivity contribution in [2.24, 2.45) is 11.8 Å². The number of anilines is 2. The second kappa shape index (κ2) is 5.55. The fraction of sp³-hybridized carbons (Fsp3) is 0.636. The van der Waals surface area contributed by atoms with Crippen LogP contribution in [0.3, 0.4) is 0 Å². The minimum Gasteiger partial charge on any atom is -0.356 e. The van der Waals surface area contributed by atoms with E-state index in [2.05, 4.69) is 27.2 Å². The van der Waals surface area contributed by atoms with Gasteiger partial charge in [-0.1, -0.05) is 18.7 Å². The summed E-state index contributed by atoms with van der Waals surface area (Å²) in [5.41, 5.74) is 2.60. The summed E-state index contributed by atoms with van der Waals surface area (Å²) in [5, 5.41) is 0.758. The molecule has 1 aliphatic heterocycles. The summed E-state index contributed by atoms with van der Waals surface area (Å²) in [6.07, 6.45) is 4.42. The number of hydrazine groups is 1. The third-order valence-electron chi connectivity index (χ3n) is 3.13. The molecule has 1 fully saturated rings. The Morgan fingerprint density at radius 3 is 2.71 bits per heavy atom. The van der Waals surface area contributed by atoms with Crippen LogP contribution in [-0.4, -0.2) is 29.3 Å². The van der Waals surface area contributed by atoms with Crippen LogP contribution in [0, 0.1) is 5.92 Å². The van der Waals surface area contributed by atoms with Crippen molar-refractivity contribution in [2.45, 2.75) is 24.9 Å². The van der Waals surface area contributed by atoms with Gasteiger partial charge in [0.05, 0.1) is 0 Å². The molecule has 6 heteroatoms. The molecule has 0 aliphatic carbocycles. The third kappa shape index (κ3) is 3.01. The predicted molar refractivity (Wildman–Crippen MR) is 72.2 cm³/mol. The predicted octanol–water partition coefficient (Wildman–Crippen LogP) is 1.72. The minimum absolute atomic E-state index is 0.679. The molecule has 1 aromatic rings. The van der Waals surface area contributed by atoms with E-state index in [-0.39, 0.29) is 0 Å². The maximum atomic E-state index is 5.43. The van der Waals surface area contributed by atoms with Gasteiger partial charge in [-0.25, -0.2) is 15.8 Å². The number of nitrogens with two attached hydrogens (primary N) is 1. The number of piperidine rings is 1. The molecule has 0 unspecified atom stereocenters. The fourth-order valence-electron chi connectivity index (χ4n) is 1.98. The Morgan fingerprint density at radius 1 is 1.41 bits per heavy atom. The van der Waals surface area contributed by atoms with Gasteiger partial charge in [0.15, 0.2) is 5.16 Å². The van der Waals surface area contributed by atoms with Crippen LogP contribution in [0.1, 0.15) is 19.8 Å². The molecule has 0 spiro atoms. The van der Waals surface area contributed by atoms with E-state index < -0.39 is 0 Å². The summed E-state index contributed by atoms with van der Waals surface area (Å²) in [4.78, 5) is 11.1. The Labute approximate surface area is 106 Å². The van der Waals surface area contributed by atoms with E-state index in [9.17, 15) is 0 Å². The van der Waals surface area contributed by atoms with Crippen molar-refractivity contribution in [1.82, 2.24) is 9.97 Å². The van der Waals surface area contributed by atoms with E-state index in [0.717, 1.165) is 30.0 Å². The molecule has 0 radical (unpaired) electrons. The normalized spacial score (nSPS) is 17.2. The van der Waals surface area contributed by atoms with Gasteiger partial charge in [-0.15, -0.1) is 0 Å². The van der Waals surface area contributed by atoms with Crippen LogP contribution >= 0.6 is 11.8 Å². The standard InChI is InChI=1S/C11H19N5S/c1-8-3-5-16(6-4-8)10-7-9(15-12)13-11(14-10)17-2/h7-8H,3-6,12H2,1-2H3,(H,13,14,15). The zero-order valence-electron chi connectivity index (χ0n) is 10.3. The van der Waals surface area contributed by atoms with Crippen LogP contribution in [-0.2, 0) is 0 Å². The number of aromatic nitrogens is 2. The van der Waals surface area contributed by atoms with Crippen LogP contribution < -0.4 is 16.2 Å². The zero-order valence-corrected chi connectivity index (χ0v) is 11.1. The lowest BCUT2D eigenvalue weighted by atomic mass is 9.99. The molecular weight excluding hydrogens is 234 g/mol. The lowest BCUT2D eigenvalue weighted by molar-refractivity contribution is 0.436. The van der Waals surface area contributed by atoms with Crippen LogP contribution in [0.2, 0.25) is 0 Å². The topological polar surface area (TPSA) is 67.1 Å². The summed E-state index contributed by atoms with van der Waals surface area (Å²) in [6.45, 7) is 4.43. The van der Waals surface area contributed by atoms with Crippen molar-refractivity contribution < 1.29 is 0 Å². The molecule has 1 saturated heterocycles. The molecular formula is C11H19N5S. The smallest absolute Gasteiger partial charge is 0.191 e. The SMILES string of the molecule is CSc1nc(NN)cc(N2CCC(C)CC2)n1. The molecule has 0 saturated carbocycles. The van der Waals surface area contributed by atoms with Gasteiger partial charge in [0, 0.05) is 19.2 Å². The number of nitrogen functional groups attached to an aromatic ring is 1. The first kappa shape index (κ1) is 12.4. The van der Waals surface area contributed by atoms with E-state index in [4.69, 9.17) is 5.84 Å². The molecule has 3 N–H and O–H groups in total. The van der Waals surface area contributed by atoms with Crippen molar-refractivity contribution in [3.63, 3.8) is 0 Å². The molecule has 2 rings (SSSR count). The Balaban J connectivity index is 2.19. The first-order valence-electron chi connectivity index (χ1n) is 5.87. The molecule has 2 heterocycles. The van der Waals surface area contributed by atoms with E-state index >= 15 is 0 Å². The van der Waals surface area contributed by atoms with Gasteiger partial charge in [0.2, 0.25) is 0 Å². The first-order valence-corrected chi connectivity index (χ1v) is 7.10. The van der Waals surface area contributed by atoms with Gasteiger partial charge in [-0.05, 0) is 25.0 Å².